The highest BCUT2D eigenvalue weighted by Gasteiger charge is 2.28. The Labute approximate surface area is 158 Å². The number of methoxy groups -OCH3 is 1. The number of rotatable bonds is 6. The number of hydrogen-bond donors (Lipinski definition) is 1. The van der Waals surface area contributed by atoms with Gasteiger partial charge in [-0.25, -0.2) is 9.78 Å². The van der Waals surface area contributed by atoms with E-state index in [1.165, 1.54) is 7.11 Å². The Morgan fingerprint density at radius 2 is 1.96 bits per heavy atom. The zero-order chi connectivity index (χ0) is 20.1. The summed E-state index contributed by atoms with van der Waals surface area (Å²) < 4.78 is 10.7. The molecule has 1 aromatic carbocycles. The standard InChI is InChI=1S/C19H24N4O4/c1-11(2)13-8-7-9-14(10-13)27-18-15(16(22-25)19(24)26-6)17(23(4)5)20-12(3)21-18/h7-11,25H,1-6H3. The molecule has 0 bridgehead atoms. The number of esters is 1. The zero-order valence-electron chi connectivity index (χ0n) is 16.3. The fourth-order valence-electron chi connectivity index (χ4n) is 2.48. The second-order valence-corrected chi connectivity index (χ2v) is 6.44. The Morgan fingerprint density at radius 1 is 1.26 bits per heavy atom. The molecule has 144 valence electrons. The Bertz CT molecular complexity index is 863. The Kier molecular flexibility index (Phi) is 6.33. The first-order valence-electron chi connectivity index (χ1n) is 8.43. The van der Waals surface area contributed by atoms with Crippen LogP contribution >= 0.6 is 0 Å². The highest BCUT2D eigenvalue weighted by Crippen LogP contribution is 2.31. The van der Waals surface area contributed by atoms with E-state index in [-0.39, 0.29) is 17.2 Å². The minimum Gasteiger partial charge on any atom is -0.464 e. The summed E-state index contributed by atoms with van der Waals surface area (Å²) in [5.41, 5.74) is 0.905. The topological polar surface area (TPSA) is 97.1 Å². The number of oxime groups is 1. The number of aromatic nitrogens is 2. The summed E-state index contributed by atoms with van der Waals surface area (Å²) in [6.45, 7) is 5.87. The average molecular weight is 372 g/mol. The van der Waals surface area contributed by atoms with Crippen molar-refractivity contribution in [3.63, 3.8) is 0 Å². The Hall–Kier alpha value is -3.16. The fourth-order valence-corrected chi connectivity index (χ4v) is 2.48. The van der Waals surface area contributed by atoms with E-state index in [1.54, 1.807) is 32.0 Å². The van der Waals surface area contributed by atoms with E-state index in [9.17, 15) is 10.0 Å². The molecule has 8 heteroatoms. The van der Waals surface area contributed by atoms with E-state index in [1.807, 2.05) is 18.2 Å². The molecule has 2 aromatic rings. The van der Waals surface area contributed by atoms with Gasteiger partial charge >= 0.3 is 5.97 Å². The Balaban J connectivity index is 2.64. The maximum Gasteiger partial charge on any atom is 0.361 e. The lowest BCUT2D eigenvalue weighted by molar-refractivity contribution is -0.132. The van der Waals surface area contributed by atoms with Crippen molar-refractivity contribution in [1.29, 1.82) is 0 Å². The van der Waals surface area contributed by atoms with Crippen LogP contribution in [0.5, 0.6) is 11.6 Å². The van der Waals surface area contributed by atoms with E-state index < -0.39 is 5.97 Å². The van der Waals surface area contributed by atoms with Crippen LogP contribution < -0.4 is 9.64 Å². The molecule has 0 fully saturated rings. The van der Waals surface area contributed by atoms with Crippen LogP contribution in [0.1, 0.15) is 36.7 Å². The van der Waals surface area contributed by atoms with Crippen LogP contribution in [0.4, 0.5) is 5.82 Å². The van der Waals surface area contributed by atoms with Crippen LogP contribution in [-0.2, 0) is 9.53 Å². The van der Waals surface area contributed by atoms with Gasteiger partial charge in [0, 0.05) is 14.1 Å². The van der Waals surface area contributed by atoms with Gasteiger partial charge in [-0.3, -0.25) is 0 Å². The van der Waals surface area contributed by atoms with Crippen LogP contribution in [0, 0.1) is 6.92 Å². The molecule has 1 aromatic heterocycles. The fraction of sp³-hybridized carbons (Fsp3) is 0.368. The molecule has 0 amide bonds. The maximum atomic E-state index is 12.1. The van der Waals surface area contributed by atoms with Gasteiger partial charge in [-0.2, -0.15) is 4.98 Å². The van der Waals surface area contributed by atoms with E-state index in [2.05, 4.69) is 29.0 Å². The maximum absolute atomic E-state index is 12.1. The minimum absolute atomic E-state index is 0.102. The summed E-state index contributed by atoms with van der Waals surface area (Å²) >= 11 is 0. The van der Waals surface area contributed by atoms with Crippen LogP contribution in [0.15, 0.2) is 29.4 Å². The predicted octanol–water partition coefficient (Wildman–Crippen LogP) is 3.12. The second kappa shape index (κ2) is 8.48. The smallest absolute Gasteiger partial charge is 0.361 e. The van der Waals surface area contributed by atoms with Crippen LogP contribution in [0.25, 0.3) is 0 Å². The first-order chi connectivity index (χ1) is 12.8. The summed E-state index contributed by atoms with van der Waals surface area (Å²) in [5, 5.41) is 12.5. The average Bonchev–Trinajstić information content (AvgIpc) is 2.63. The first-order valence-corrected chi connectivity index (χ1v) is 8.43. The number of aryl methyl sites for hydroxylation is 1. The van der Waals surface area contributed by atoms with Gasteiger partial charge in [-0.1, -0.05) is 31.1 Å². The highest BCUT2D eigenvalue weighted by molar-refractivity contribution is 6.44. The summed E-state index contributed by atoms with van der Waals surface area (Å²) in [6.07, 6.45) is 0. The van der Waals surface area contributed by atoms with Gasteiger partial charge < -0.3 is 19.6 Å². The van der Waals surface area contributed by atoms with Gasteiger partial charge in [0.25, 0.3) is 0 Å². The van der Waals surface area contributed by atoms with E-state index in [4.69, 9.17) is 9.47 Å². The Morgan fingerprint density at radius 3 is 2.52 bits per heavy atom. The van der Waals surface area contributed by atoms with Crippen molar-refractivity contribution in [2.75, 3.05) is 26.1 Å². The van der Waals surface area contributed by atoms with Gasteiger partial charge in [-0.05, 0) is 30.5 Å². The molecule has 0 aliphatic heterocycles. The second-order valence-electron chi connectivity index (χ2n) is 6.44. The van der Waals surface area contributed by atoms with Gasteiger partial charge in [0.1, 0.15) is 23.0 Å². The van der Waals surface area contributed by atoms with Gasteiger partial charge in [-0.15, -0.1) is 0 Å². The highest BCUT2D eigenvalue weighted by atomic mass is 16.5. The van der Waals surface area contributed by atoms with Gasteiger partial charge in [0.15, 0.2) is 0 Å². The van der Waals surface area contributed by atoms with Crippen LogP contribution in [0.3, 0.4) is 0 Å². The van der Waals surface area contributed by atoms with Crippen molar-refractivity contribution in [2.45, 2.75) is 26.7 Å². The largest absolute Gasteiger partial charge is 0.464 e. The molecule has 0 atom stereocenters. The normalized spacial score (nSPS) is 11.4. The minimum atomic E-state index is -0.825. The monoisotopic (exact) mass is 372 g/mol. The number of carbonyl (C=O) groups is 1. The summed E-state index contributed by atoms with van der Waals surface area (Å²) in [5.74, 6) is 0.962. The lowest BCUT2D eigenvalue weighted by atomic mass is 10.0. The molecule has 2 rings (SSSR count). The van der Waals surface area contributed by atoms with E-state index in [0.29, 0.717) is 23.3 Å². The van der Waals surface area contributed by atoms with Gasteiger partial charge in [0.05, 0.1) is 7.11 Å². The molecule has 27 heavy (non-hydrogen) atoms. The van der Waals surface area contributed by atoms with E-state index in [0.717, 1.165) is 5.56 Å². The molecule has 0 saturated heterocycles. The third-order valence-corrected chi connectivity index (χ3v) is 3.85. The van der Waals surface area contributed by atoms with Gasteiger partial charge in [0.2, 0.25) is 11.6 Å². The van der Waals surface area contributed by atoms with Crippen LogP contribution in [-0.4, -0.2) is 48.1 Å². The number of benzene rings is 1. The summed E-state index contributed by atoms with van der Waals surface area (Å²) in [7, 11) is 4.70. The summed E-state index contributed by atoms with van der Waals surface area (Å²) in [4.78, 5) is 22.4. The molecular formula is C19H24N4O4. The molecule has 0 spiro atoms. The van der Waals surface area contributed by atoms with Crippen molar-refractivity contribution in [3.8, 4) is 11.6 Å². The van der Waals surface area contributed by atoms with Crippen molar-refractivity contribution < 1.29 is 19.5 Å². The number of hydrogen-bond acceptors (Lipinski definition) is 8. The van der Waals surface area contributed by atoms with Crippen molar-refractivity contribution >= 4 is 17.5 Å². The number of anilines is 1. The molecule has 0 unspecified atom stereocenters. The quantitative estimate of drug-likeness (QED) is 0.360. The number of nitrogens with zero attached hydrogens (tertiary/aromatic N) is 4. The predicted molar refractivity (Wildman–Crippen MR) is 102 cm³/mol. The third-order valence-electron chi connectivity index (χ3n) is 3.85. The molecule has 1 N–H and O–H groups in total. The molecule has 0 radical (unpaired) electrons. The lowest BCUT2D eigenvalue weighted by Gasteiger charge is -2.19. The SMILES string of the molecule is COC(=O)C(=NO)c1c(Oc2cccc(C(C)C)c2)nc(C)nc1N(C)C. The molecular weight excluding hydrogens is 348 g/mol. The zero-order valence-corrected chi connectivity index (χ0v) is 16.3. The van der Waals surface area contributed by atoms with Crippen molar-refractivity contribution in [1.82, 2.24) is 9.97 Å². The third kappa shape index (κ3) is 4.52. The molecule has 0 aliphatic carbocycles. The number of ether oxygens (including phenoxy) is 2. The van der Waals surface area contributed by atoms with Crippen molar-refractivity contribution in [3.05, 3.63) is 41.2 Å². The van der Waals surface area contributed by atoms with E-state index >= 15 is 0 Å². The lowest BCUT2D eigenvalue weighted by Crippen LogP contribution is -2.24. The number of carbonyl (C=O) groups excluding carboxylic acids is 1. The molecule has 0 aliphatic rings. The molecule has 0 saturated carbocycles. The summed E-state index contributed by atoms with van der Waals surface area (Å²) in [6, 6.07) is 7.57. The van der Waals surface area contributed by atoms with Crippen molar-refractivity contribution in [2.24, 2.45) is 5.16 Å². The van der Waals surface area contributed by atoms with Crippen LogP contribution in [0.2, 0.25) is 0 Å². The molecule has 1 heterocycles. The molecule has 8 nitrogen and oxygen atoms in total. The first kappa shape index (κ1) is 20.2.